The van der Waals surface area contributed by atoms with E-state index in [2.05, 4.69) is 5.32 Å². The standard InChI is InChI=1S/C12H15FINO2/c13-9-4-5-10(11(14)8-9)12(17)15-6-2-1-3-7-16/h4-5,8,16H,1-3,6-7H2,(H,15,17). The fourth-order valence-electron chi connectivity index (χ4n) is 1.38. The summed E-state index contributed by atoms with van der Waals surface area (Å²) < 4.78 is 13.4. The van der Waals surface area contributed by atoms with E-state index in [1.807, 2.05) is 22.6 Å². The van der Waals surface area contributed by atoms with Crippen LogP contribution >= 0.6 is 22.6 Å². The number of nitrogens with one attached hydrogen (secondary N) is 1. The molecule has 0 fully saturated rings. The second kappa shape index (κ2) is 7.60. The van der Waals surface area contributed by atoms with Crippen molar-refractivity contribution in [1.82, 2.24) is 5.32 Å². The average molecular weight is 351 g/mol. The van der Waals surface area contributed by atoms with Crippen molar-refractivity contribution in [1.29, 1.82) is 0 Å². The lowest BCUT2D eigenvalue weighted by molar-refractivity contribution is 0.0952. The molecule has 0 atom stereocenters. The zero-order chi connectivity index (χ0) is 12.7. The van der Waals surface area contributed by atoms with Crippen LogP contribution in [0, 0.1) is 9.39 Å². The Kier molecular flexibility index (Phi) is 6.43. The molecule has 94 valence electrons. The summed E-state index contributed by atoms with van der Waals surface area (Å²) in [5.74, 6) is -0.521. The Morgan fingerprint density at radius 2 is 2.12 bits per heavy atom. The molecule has 1 aromatic rings. The first-order valence-corrected chi connectivity index (χ1v) is 6.57. The number of aliphatic hydroxyl groups is 1. The highest BCUT2D eigenvalue weighted by atomic mass is 127. The Morgan fingerprint density at radius 3 is 2.76 bits per heavy atom. The summed E-state index contributed by atoms with van der Waals surface area (Å²) >= 11 is 1.94. The predicted molar refractivity (Wildman–Crippen MR) is 72.4 cm³/mol. The van der Waals surface area contributed by atoms with E-state index in [0.29, 0.717) is 15.7 Å². The molecule has 0 radical (unpaired) electrons. The predicted octanol–water partition coefficient (Wildman–Crippen LogP) is 2.32. The summed E-state index contributed by atoms with van der Waals surface area (Å²) in [6.45, 7) is 0.760. The smallest absolute Gasteiger partial charge is 0.252 e. The van der Waals surface area contributed by atoms with Crippen molar-refractivity contribution in [3.8, 4) is 0 Å². The average Bonchev–Trinajstić information content (AvgIpc) is 2.28. The van der Waals surface area contributed by atoms with Crippen molar-refractivity contribution in [2.75, 3.05) is 13.2 Å². The van der Waals surface area contributed by atoms with E-state index >= 15 is 0 Å². The van der Waals surface area contributed by atoms with E-state index < -0.39 is 0 Å². The minimum atomic E-state index is -0.339. The lowest BCUT2D eigenvalue weighted by Gasteiger charge is -2.06. The lowest BCUT2D eigenvalue weighted by atomic mass is 10.2. The van der Waals surface area contributed by atoms with Gasteiger partial charge in [-0.1, -0.05) is 0 Å². The van der Waals surface area contributed by atoms with E-state index in [1.165, 1.54) is 18.2 Å². The number of hydrogen-bond acceptors (Lipinski definition) is 2. The molecule has 0 aliphatic heterocycles. The Morgan fingerprint density at radius 1 is 1.35 bits per heavy atom. The van der Waals surface area contributed by atoms with Crippen molar-refractivity contribution in [2.45, 2.75) is 19.3 Å². The third kappa shape index (κ3) is 4.99. The number of aliphatic hydroxyl groups excluding tert-OH is 1. The number of benzene rings is 1. The normalized spacial score (nSPS) is 10.3. The van der Waals surface area contributed by atoms with Crippen LogP contribution in [0.4, 0.5) is 4.39 Å². The van der Waals surface area contributed by atoms with Gasteiger partial charge >= 0.3 is 0 Å². The third-order valence-corrected chi connectivity index (χ3v) is 3.19. The van der Waals surface area contributed by atoms with Crippen LogP contribution in [0.1, 0.15) is 29.6 Å². The monoisotopic (exact) mass is 351 g/mol. The fourth-order valence-corrected chi connectivity index (χ4v) is 2.11. The van der Waals surface area contributed by atoms with Crippen LogP contribution in [0.5, 0.6) is 0 Å². The van der Waals surface area contributed by atoms with Crippen LogP contribution in [0.3, 0.4) is 0 Å². The minimum Gasteiger partial charge on any atom is -0.396 e. The molecule has 0 unspecified atom stereocenters. The Hall–Kier alpha value is -0.690. The topological polar surface area (TPSA) is 49.3 Å². The maximum Gasteiger partial charge on any atom is 0.252 e. The highest BCUT2D eigenvalue weighted by molar-refractivity contribution is 14.1. The summed E-state index contributed by atoms with van der Waals surface area (Å²) in [6.07, 6.45) is 2.48. The highest BCUT2D eigenvalue weighted by Gasteiger charge is 2.09. The van der Waals surface area contributed by atoms with E-state index in [4.69, 9.17) is 5.11 Å². The van der Waals surface area contributed by atoms with Crippen molar-refractivity contribution < 1.29 is 14.3 Å². The lowest BCUT2D eigenvalue weighted by Crippen LogP contribution is -2.25. The maximum absolute atomic E-state index is 12.8. The molecule has 1 aromatic carbocycles. The van der Waals surface area contributed by atoms with Crippen molar-refractivity contribution in [3.05, 3.63) is 33.1 Å². The second-order valence-corrected chi connectivity index (χ2v) is 4.83. The largest absolute Gasteiger partial charge is 0.396 e. The number of amides is 1. The second-order valence-electron chi connectivity index (χ2n) is 3.66. The van der Waals surface area contributed by atoms with Gasteiger partial charge in [0.05, 0.1) is 5.56 Å². The molecule has 2 N–H and O–H groups in total. The molecule has 0 heterocycles. The van der Waals surface area contributed by atoms with Gasteiger partial charge in [0.25, 0.3) is 5.91 Å². The molecule has 5 heteroatoms. The first-order chi connectivity index (χ1) is 8.15. The molecule has 0 aromatic heterocycles. The van der Waals surface area contributed by atoms with Crippen LogP contribution in [0.2, 0.25) is 0 Å². The first-order valence-electron chi connectivity index (χ1n) is 5.49. The molecule has 0 aliphatic rings. The minimum absolute atomic E-state index is 0.182. The zero-order valence-electron chi connectivity index (χ0n) is 9.38. The van der Waals surface area contributed by atoms with Gasteiger partial charge in [-0.25, -0.2) is 4.39 Å². The van der Waals surface area contributed by atoms with E-state index in [1.54, 1.807) is 0 Å². The van der Waals surface area contributed by atoms with Gasteiger partial charge in [0.1, 0.15) is 5.82 Å². The summed E-state index contributed by atoms with van der Waals surface area (Å²) in [4.78, 5) is 11.7. The molecule has 0 aliphatic carbocycles. The number of unbranched alkanes of at least 4 members (excludes halogenated alkanes) is 2. The molecule has 1 rings (SSSR count). The molecule has 0 bridgehead atoms. The highest BCUT2D eigenvalue weighted by Crippen LogP contribution is 2.13. The zero-order valence-corrected chi connectivity index (χ0v) is 11.5. The van der Waals surface area contributed by atoms with Gasteiger partial charge in [0.15, 0.2) is 0 Å². The summed E-state index contributed by atoms with van der Waals surface area (Å²) in [5.41, 5.74) is 0.495. The number of carbonyl (C=O) groups excluding carboxylic acids is 1. The SMILES string of the molecule is O=C(NCCCCCO)c1ccc(F)cc1I. The fraction of sp³-hybridized carbons (Fsp3) is 0.417. The Bertz CT molecular complexity index is 385. The quantitative estimate of drug-likeness (QED) is 0.611. The van der Waals surface area contributed by atoms with Crippen LogP contribution in [0.15, 0.2) is 18.2 Å². The summed E-state index contributed by atoms with van der Waals surface area (Å²) in [6, 6.07) is 4.10. The molecule has 3 nitrogen and oxygen atoms in total. The number of hydrogen-bond donors (Lipinski definition) is 2. The van der Waals surface area contributed by atoms with Crippen LogP contribution < -0.4 is 5.32 Å². The van der Waals surface area contributed by atoms with Crippen molar-refractivity contribution in [2.24, 2.45) is 0 Å². The van der Waals surface area contributed by atoms with Crippen LogP contribution in [-0.2, 0) is 0 Å². The molecule has 17 heavy (non-hydrogen) atoms. The van der Waals surface area contributed by atoms with Gasteiger partial charge < -0.3 is 10.4 Å². The summed E-state index contributed by atoms with van der Waals surface area (Å²) in [7, 11) is 0. The van der Waals surface area contributed by atoms with Crippen molar-refractivity contribution >= 4 is 28.5 Å². The molecule has 0 saturated carbocycles. The third-order valence-electron chi connectivity index (χ3n) is 2.30. The van der Waals surface area contributed by atoms with Gasteiger partial charge in [0.2, 0.25) is 0 Å². The van der Waals surface area contributed by atoms with Gasteiger partial charge in [-0.05, 0) is 60.1 Å². The molecule has 0 spiro atoms. The Balaban J connectivity index is 2.42. The maximum atomic E-state index is 12.8. The number of rotatable bonds is 6. The number of carbonyl (C=O) groups is 1. The van der Waals surface area contributed by atoms with Gasteiger partial charge in [0, 0.05) is 16.7 Å². The molecular weight excluding hydrogens is 336 g/mol. The van der Waals surface area contributed by atoms with Crippen molar-refractivity contribution in [3.63, 3.8) is 0 Å². The van der Waals surface area contributed by atoms with Crippen LogP contribution in [-0.4, -0.2) is 24.2 Å². The first kappa shape index (κ1) is 14.4. The Labute approximate surface area is 114 Å². The number of halogens is 2. The van der Waals surface area contributed by atoms with E-state index in [-0.39, 0.29) is 18.3 Å². The molecular formula is C12H15FINO2. The van der Waals surface area contributed by atoms with E-state index in [0.717, 1.165) is 19.3 Å². The molecule has 1 amide bonds. The summed E-state index contributed by atoms with van der Waals surface area (Å²) in [5, 5.41) is 11.4. The van der Waals surface area contributed by atoms with Gasteiger partial charge in [-0.2, -0.15) is 0 Å². The van der Waals surface area contributed by atoms with E-state index in [9.17, 15) is 9.18 Å². The van der Waals surface area contributed by atoms with Gasteiger partial charge in [-0.3, -0.25) is 4.79 Å². The van der Waals surface area contributed by atoms with Crippen LogP contribution in [0.25, 0.3) is 0 Å². The molecule has 0 saturated heterocycles. The van der Waals surface area contributed by atoms with Gasteiger partial charge in [-0.15, -0.1) is 0 Å².